The molecule has 0 spiro atoms. The fourth-order valence-corrected chi connectivity index (χ4v) is 3.13. The Labute approximate surface area is 108 Å². The standard InChI is InChI=1S/C12H15F3N2S/c1-8-7-18-5-4-17(8)11-3-2-9(16)6-10(11)12(13,14)15/h2-3,6,8H,4-5,7,16H2,1H3. The predicted octanol–water partition coefficient (Wildman–Crippen LogP) is 3.23. The van der Waals surface area contributed by atoms with E-state index in [1.165, 1.54) is 12.1 Å². The third kappa shape index (κ3) is 2.68. The summed E-state index contributed by atoms with van der Waals surface area (Å²) in [6, 6.07) is 4.13. The van der Waals surface area contributed by atoms with Crippen LogP contribution in [0.5, 0.6) is 0 Å². The van der Waals surface area contributed by atoms with Crippen LogP contribution in [-0.4, -0.2) is 24.1 Å². The Morgan fingerprint density at radius 3 is 2.72 bits per heavy atom. The van der Waals surface area contributed by atoms with E-state index in [2.05, 4.69) is 0 Å². The third-order valence-electron chi connectivity index (χ3n) is 3.00. The van der Waals surface area contributed by atoms with Gasteiger partial charge in [-0.3, -0.25) is 0 Å². The number of alkyl halides is 3. The van der Waals surface area contributed by atoms with Gasteiger partial charge in [0.25, 0.3) is 0 Å². The first kappa shape index (κ1) is 13.4. The van der Waals surface area contributed by atoms with Crippen LogP contribution in [-0.2, 0) is 6.18 Å². The van der Waals surface area contributed by atoms with Crippen molar-refractivity contribution in [1.29, 1.82) is 0 Å². The highest BCUT2D eigenvalue weighted by atomic mass is 32.2. The van der Waals surface area contributed by atoms with Crippen molar-refractivity contribution < 1.29 is 13.2 Å². The van der Waals surface area contributed by atoms with Gasteiger partial charge in [-0.05, 0) is 25.1 Å². The molecule has 1 atom stereocenters. The highest BCUT2D eigenvalue weighted by Crippen LogP contribution is 2.39. The van der Waals surface area contributed by atoms with Gasteiger partial charge in [0.2, 0.25) is 0 Å². The quantitative estimate of drug-likeness (QED) is 0.799. The van der Waals surface area contributed by atoms with Crippen LogP contribution in [0.1, 0.15) is 12.5 Å². The van der Waals surface area contributed by atoms with Gasteiger partial charge < -0.3 is 10.6 Å². The number of benzene rings is 1. The second-order valence-electron chi connectivity index (χ2n) is 4.39. The molecule has 1 aliphatic heterocycles. The first-order chi connectivity index (χ1) is 8.39. The van der Waals surface area contributed by atoms with E-state index in [1.54, 1.807) is 11.8 Å². The van der Waals surface area contributed by atoms with Crippen LogP contribution < -0.4 is 10.6 Å². The van der Waals surface area contributed by atoms with Crippen molar-refractivity contribution in [2.24, 2.45) is 0 Å². The summed E-state index contributed by atoms with van der Waals surface area (Å²) in [5.74, 6) is 1.70. The second-order valence-corrected chi connectivity index (χ2v) is 5.54. The number of rotatable bonds is 1. The highest BCUT2D eigenvalue weighted by Gasteiger charge is 2.36. The van der Waals surface area contributed by atoms with Crippen LogP contribution >= 0.6 is 11.8 Å². The van der Waals surface area contributed by atoms with Crippen molar-refractivity contribution in [2.75, 3.05) is 28.7 Å². The van der Waals surface area contributed by atoms with Crippen molar-refractivity contribution in [3.63, 3.8) is 0 Å². The van der Waals surface area contributed by atoms with Crippen molar-refractivity contribution in [3.05, 3.63) is 23.8 Å². The summed E-state index contributed by atoms with van der Waals surface area (Å²) < 4.78 is 39.1. The lowest BCUT2D eigenvalue weighted by atomic mass is 10.1. The molecule has 1 fully saturated rings. The molecule has 1 heterocycles. The minimum atomic E-state index is -4.37. The molecule has 2 N–H and O–H groups in total. The van der Waals surface area contributed by atoms with Crippen LogP contribution in [0.15, 0.2) is 18.2 Å². The van der Waals surface area contributed by atoms with E-state index >= 15 is 0 Å². The van der Waals surface area contributed by atoms with Gasteiger partial charge in [0.15, 0.2) is 0 Å². The average molecular weight is 276 g/mol. The summed E-state index contributed by atoms with van der Waals surface area (Å²) in [7, 11) is 0. The molecular weight excluding hydrogens is 261 g/mol. The van der Waals surface area contributed by atoms with Crippen molar-refractivity contribution in [2.45, 2.75) is 19.1 Å². The van der Waals surface area contributed by atoms with Crippen LogP contribution in [0, 0.1) is 0 Å². The summed E-state index contributed by atoms with van der Waals surface area (Å²) in [5, 5.41) is 0. The molecule has 6 heteroatoms. The Morgan fingerprint density at radius 2 is 2.11 bits per heavy atom. The Hall–Kier alpha value is -1.04. The van der Waals surface area contributed by atoms with E-state index in [-0.39, 0.29) is 17.4 Å². The number of nitrogens with two attached hydrogens (primary N) is 1. The fraction of sp³-hybridized carbons (Fsp3) is 0.500. The minimum absolute atomic E-state index is 0.105. The molecule has 0 amide bonds. The second kappa shape index (κ2) is 4.91. The lowest BCUT2D eigenvalue weighted by Crippen LogP contribution is -2.41. The molecular formula is C12H15F3N2S. The van der Waals surface area contributed by atoms with Gasteiger partial charge in [0, 0.05) is 35.5 Å². The average Bonchev–Trinajstić information content (AvgIpc) is 2.29. The summed E-state index contributed by atoms with van der Waals surface area (Å²) >= 11 is 1.77. The monoisotopic (exact) mass is 276 g/mol. The maximum absolute atomic E-state index is 13.0. The number of anilines is 2. The maximum atomic E-state index is 13.0. The van der Waals surface area contributed by atoms with E-state index in [1.807, 2.05) is 11.8 Å². The third-order valence-corrected chi connectivity index (χ3v) is 4.19. The van der Waals surface area contributed by atoms with Crippen molar-refractivity contribution in [3.8, 4) is 0 Å². The number of nitrogen functional groups attached to an aromatic ring is 1. The van der Waals surface area contributed by atoms with Gasteiger partial charge in [0.05, 0.1) is 5.56 Å². The number of hydrogen-bond donors (Lipinski definition) is 1. The largest absolute Gasteiger partial charge is 0.418 e. The molecule has 0 aliphatic carbocycles. The van der Waals surface area contributed by atoms with E-state index in [0.29, 0.717) is 6.54 Å². The number of halogens is 3. The molecule has 2 rings (SSSR count). The Morgan fingerprint density at radius 1 is 1.39 bits per heavy atom. The maximum Gasteiger partial charge on any atom is 0.418 e. The van der Waals surface area contributed by atoms with Crippen LogP contribution in [0.25, 0.3) is 0 Å². The molecule has 0 bridgehead atoms. The van der Waals surface area contributed by atoms with Crippen LogP contribution in [0.2, 0.25) is 0 Å². The zero-order chi connectivity index (χ0) is 13.3. The molecule has 0 radical (unpaired) electrons. The molecule has 0 aromatic heterocycles. The topological polar surface area (TPSA) is 29.3 Å². The zero-order valence-corrected chi connectivity index (χ0v) is 10.8. The van der Waals surface area contributed by atoms with Gasteiger partial charge in [-0.15, -0.1) is 0 Å². The summed E-state index contributed by atoms with van der Waals surface area (Å²) in [6.07, 6.45) is -4.37. The highest BCUT2D eigenvalue weighted by molar-refractivity contribution is 7.99. The van der Waals surface area contributed by atoms with Gasteiger partial charge in [0.1, 0.15) is 0 Å². The molecule has 1 saturated heterocycles. The number of hydrogen-bond acceptors (Lipinski definition) is 3. The van der Waals surface area contributed by atoms with E-state index < -0.39 is 11.7 Å². The van der Waals surface area contributed by atoms with Gasteiger partial charge in [-0.25, -0.2) is 0 Å². The Balaban J connectivity index is 2.43. The molecule has 2 nitrogen and oxygen atoms in total. The molecule has 1 aliphatic rings. The Kier molecular flexibility index (Phi) is 3.66. The predicted molar refractivity (Wildman–Crippen MR) is 70.0 cm³/mol. The molecule has 18 heavy (non-hydrogen) atoms. The first-order valence-corrected chi connectivity index (χ1v) is 6.86. The van der Waals surface area contributed by atoms with Gasteiger partial charge in [-0.1, -0.05) is 0 Å². The molecule has 1 unspecified atom stereocenters. The van der Waals surface area contributed by atoms with Crippen LogP contribution in [0.4, 0.5) is 24.5 Å². The van der Waals surface area contributed by atoms with Gasteiger partial charge in [-0.2, -0.15) is 24.9 Å². The van der Waals surface area contributed by atoms with Crippen molar-refractivity contribution in [1.82, 2.24) is 0 Å². The lowest BCUT2D eigenvalue weighted by Gasteiger charge is -2.36. The SMILES string of the molecule is CC1CSCCN1c1ccc(N)cc1C(F)(F)F. The normalized spacial score (nSPS) is 21.1. The van der Waals surface area contributed by atoms with E-state index in [9.17, 15) is 13.2 Å². The first-order valence-electron chi connectivity index (χ1n) is 5.70. The Bertz CT molecular complexity index is 434. The van der Waals surface area contributed by atoms with Crippen LogP contribution in [0.3, 0.4) is 0 Å². The number of thioether (sulfide) groups is 1. The summed E-state index contributed by atoms with van der Waals surface area (Å²) in [6.45, 7) is 2.58. The minimum Gasteiger partial charge on any atom is -0.399 e. The van der Waals surface area contributed by atoms with E-state index in [4.69, 9.17) is 5.73 Å². The van der Waals surface area contributed by atoms with Crippen molar-refractivity contribution >= 4 is 23.1 Å². The summed E-state index contributed by atoms with van der Waals surface area (Å²) in [5.41, 5.74) is 5.21. The smallest absolute Gasteiger partial charge is 0.399 e. The molecule has 0 saturated carbocycles. The fourth-order valence-electron chi connectivity index (χ4n) is 2.12. The zero-order valence-electron chi connectivity index (χ0n) is 10.00. The lowest BCUT2D eigenvalue weighted by molar-refractivity contribution is -0.137. The number of nitrogens with zero attached hydrogens (tertiary/aromatic N) is 1. The molecule has 1 aromatic carbocycles. The van der Waals surface area contributed by atoms with E-state index in [0.717, 1.165) is 17.6 Å². The molecule has 100 valence electrons. The summed E-state index contributed by atoms with van der Waals surface area (Å²) in [4.78, 5) is 1.82. The molecule has 1 aromatic rings. The van der Waals surface area contributed by atoms with Gasteiger partial charge >= 0.3 is 6.18 Å².